The van der Waals surface area contributed by atoms with Crippen LogP contribution in [-0.4, -0.2) is 55.1 Å². The van der Waals surface area contributed by atoms with Crippen molar-refractivity contribution in [3.8, 4) is 5.75 Å². The van der Waals surface area contributed by atoms with Gasteiger partial charge in [-0.1, -0.05) is 29.8 Å². The third-order valence-electron chi connectivity index (χ3n) is 5.71. The van der Waals surface area contributed by atoms with Gasteiger partial charge in [-0.15, -0.1) is 0 Å². The van der Waals surface area contributed by atoms with E-state index in [9.17, 15) is 9.59 Å². The number of halogens is 1. The van der Waals surface area contributed by atoms with Gasteiger partial charge in [0.15, 0.2) is 5.11 Å². The third-order valence-corrected chi connectivity index (χ3v) is 6.15. The molecule has 1 saturated heterocycles. The van der Waals surface area contributed by atoms with Gasteiger partial charge < -0.3 is 19.9 Å². The summed E-state index contributed by atoms with van der Waals surface area (Å²) in [5.41, 5.74) is 2.81. The van der Waals surface area contributed by atoms with Gasteiger partial charge in [-0.25, -0.2) is 0 Å². The van der Waals surface area contributed by atoms with Crippen molar-refractivity contribution >= 4 is 52.1 Å². The van der Waals surface area contributed by atoms with E-state index in [2.05, 4.69) is 15.5 Å². The maximum absolute atomic E-state index is 12.7. The Morgan fingerprint density at radius 1 is 0.943 bits per heavy atom. The smallest absolute Gasteiger partial charge is 0.261 e. The average molecular weight is 509 g/mol. The molecule has 2 amide bonds. The Kier molecular flexibility index (Phi) is 7.84. The second-order valence-corrected chi connectivity index (χ2v) is 8.79. The van der Waals surface area contributed by atoms with Crippen molar-refractivity contribution in [2.75, 3.05) is 43.5 Å². The fourth-order valence-corrected chi connectivity index (χ4v) is 4.26. The summed E-state index contributed by atoms with van der Waals surface area (Å²) in [5.74, 6) is 0.0572. The zero-order valence-corrected chi connectivity index (χ0v) is 20.7. The molecule has 0 radical (unpaired) electrons. The third kappa shape index (κ3) is 6.09. The molecular weight excluding hydrogens is 484 g/mol. The van der Waals surface area contributed by atoms with E-state index >= 15 is 0 Å². The molecular formula is C26H25ClN4O3S. The van der Waals surface area contributed by atoms with Crippen molar-refractivity contribution in [2.45, 2.75) is 0 Å². The molecule has 1 aliphatic heterocycles. The Labute approximate surface area is 214 Å². The minimum absolute atomic E-state index is 0.0655. The van der Waals surface area contributed by atoms with Crippen molar-refractivity contribution in [3.63, 3.8) is 0 Å². The number of hydrogen-bond donors (Lipinski definition) is 2. The van der Waals surface area contributed by atoms with Gasteiger partial charge in [0.2, 0.25) is 0 Å². The molecule has 3 aromatic rings. The van der Waals surface area contributed by atoms with E-state index in [1.54, 1.807) is 12.1 Å². The molecule has 4 rings (SSSR count). The lowest BCUT2D eigenvalue weighted by Gasteiger charge is -2.36. The summed E-state index contributed by atoms with van der Waals surface area (Å²) in [6.45, 7) is 2.83. The molecule has 0 aromatic heterocycles. The molecule has 0 atom stereocenters. The van der Waals surface area contributed by atoms with Gasteiger partial charge in [0.05, 0.1) is 12.7 Å². The zero-order valence-electron chi connectivity index (χ0n) is 19.2. The van der Waals surface area contributed by atoms with Crippen LogP contribution >= 0.6 is 23.8 Å². The van der Waals surface area contributed by atoms with E-state index in [0.717, 1.165) is 24.5 Å². The normalized spacial score (nSPS) is 13.2. The van der Waals surface area contributed by atoms with Crippen LogP contribution in [0.1, 0.15) is 20.7 Å². The molecule has 1 heterocycles. The molecule has 0 unspecified atom stereocenters. The van der Waals surface area contributed by atoms with Crippen LogP contribution in [0.25, 0.3) is 0 Å². The van der Waals surface area contributed by atoms with Gasteiger partial charge in [0, 0.05) is 48.1 Å². The number of carbonyl (C=O) groups is 2. The first-order valence-corrected chi connectivity index (χ1v) is 11.9. The first-order chi connectivity index (χ1) is 16.9. The molecule has 180 valence electrons. The second-order valence-electron chi connectivity index (χ2n) is 7.95. The number of ether oxygens (including phenoxy) is 1. The summed E-state index contributed by atoms with van der Waals surface area (Å²) >= 11 is 11.3. The van der Waals surface area contributed by atoms with E-state index in [4.69, 9.17) is 28.6 Å². The fraction of sp³-hybridized carbons (Fsp3) is 0.192. The number of methoxy groups -OCH3 is 1. The topological polar surface area (TPSA) is 73.9 Å². The largest absolute Gasteiger partial charge is 0.496 e. The van der Waals surface area contributed by atoms with Crippen molar-refractivity contribution < 1.29 is 14.3 Å². The van der Waals surface area contributed by atoms with E-state index in [0.29, 0.717) is 35.0 Å². The van der Waals surface area contributed by atoms with Gasteiger partial charge in [0.1, 0.15) is 5.75 Å². The Morgan fingerprint density at radius 2 is 1.63 bits per heavy atom. The zero-order chi connectivity index (χ0) is 24.8. The van der Waals surface area contributed by atoms with Crippen LogP contribution in [0.15, 0.2) is 72.8 Å². The number of thiocarbonyl (C=S) groups is 1. The molecule has 1 aliphatic rings. The summed E-state index contributed by atoms with van der Waals surface area (Å²) in [7, 11) is 1.49. The summed E-state index contributed by atoms with van der Waals surface area (Å²) in [5, 5.41) is 6.26. The average Bonchev–Trinajstić information content (AvgIpc) is 2.89. The highest BCUT2D eigenvalue weighted by molar-refractivity contribution is 7.80. The highest BCUT2D eigenvalue weighted by atomic mass is 35.5. The van der Waals surface area contributed by atoms with Crippen molar-refractivity contribution in [1.82, 2.24) is 10.2 Å². The molecule has 9 heteroatoms. The predicted molar refractivity (Wildman–Crippen MR) is 143 cm³/mol. The number of anilines is 2. The summed E-state index contributed by atoms with van der Waals surface area (Å²) in [4.78, 5) is 29.4. The first-order valence-electron chi connectivity index (χ1n) is 11.1. The van der Waals surface area contributed by atoms with Gasteiger partial charge in [0.25, 0.3) is 11.8 Å². The molecule has 1 fully saturated rings. The van der Waals surface area contributed by atoms with E-state index < -0.39 is 5.91 Å². The van der Waals surface area contributed by atoms with Crippen LogP contribution in [0, 0.1) is 0 Å². The molecule has 0 spiro atoms. The lowest BCUT2D eigenvalue weighted by molar-refractivity contribution is 0.0746. The van der Waals surface area contributed by atoms with Crippen LogP contribution in [0.2, 0.25) is 5.02 Å². The molecule has 2 N–H and O–H groups in total. The SMILES string of the molecule is COc1ccc(Cl)cc1C(=O)NC(=S)Nc1ccc(N2CCN(C(=O)c3ccccc3)CC2)cc1. The molecule has 0 saturated carbocycles. The van der Waals surface area contributed by atoms with E-state index in [1.165, 1.54) is 13.2 Å². The van der Waals surface area contributed by atoms with Crippen molar-refractivity contribution in [2.24, 2.45) is 0 Å². The molecule has 35 heavy (non-hydrogen) atoms. The second kappa shape index (κ2) is 11.2. The number of hydrogen-bond acceptors (Lipinski definition) is 5. The highest BCUT2D eigenvalue weighted by Crippen LogP contribution is 2.23. The minimum Gasteiger partial charge on any atom is -0.496 e. The van der Waals surface area contributed by atoms with E-state index in [1.807, 2.05) is 59.5 Å². The monoisotopic (exact) mass is 508 g/mol. The Morgan fingerprint density at radius 3 is 2.29 bits per heavy atom. The van der Waals surface area contributed by atoms with Crippen LogP contribution in [0.4, 0.5) is 11.4 Å². The maximum Gasteiger partial charge on any atom is 0.261 e. The standard InChI is InChI=1S/C26H25ClN4O3S/c1-34-23-12-7-19(27)17-22(23)24(32)29-26(35)28-20-8-10-21(11-9-20)30-13-15-31(16-14-30)25(33)18-5-3-2-4-6-18/h2-12,17H,13-16H2,1H3,(H2,28,29,32,35). The molecule has 0 bridgehead atoms. The number of piperazine rings is 1. The summed E-state index contributed by atoms with van der Waals surface area (Å²) in [6, 6.07) is 21.9. The maximum atomic E-state index is 12.7. The van der Waals surface area contributed by atoms with Crippen molar-refractivity contribution in [1.29, 1.82) is 0 Å². The van der Waals surface area contributed by atoms with Crippen LogP contribution in [-0.2, 0) is 0 Å². The van der Waals surface area contributed by atoms with Crippen LogP contribution in [0.5, 0.6) is 5.75 Å². The Balaban J connectivity index is 1.30. The fourth-order valence-electron chi connectivity index (χ4n) is 3.88. The van der Waals surface area contributed by atoms with Gasteiger partial charge in [-0.3, -0.25) is 14.9 Å². The van der Waals surface area contributed by atoms with Gasteiger partial charge in [-0.05, 0) is 66.8 Å². The number of benzene rings is 3. The Hall–Kier alpha value is -3.62. The number of amides is 2. The first kappa shape index (κ1) is 24.5. The van der Waals surface area contributed by atoms with E-state index in [-0.39, 0.29) is 11.0 Å². The molecule has 3 aromatic carbocycles. The predicted octanol–water partition coefficient (Wildman–Crippen LogP) is 4.44. The lowest BCUT2D eigenvalue weighted by Crippen LogP contribution is -2.48. The van der Waals surface area contributed by atoms with Gasteiger partial charge >= 0.3 is 0 Å². The van der Waals surface area contributed by atoms with Crippen LogP contribution in [0.3, 0.4) is 0 Å². The number of carbonyl (C=O) groups excluding carboxylic acids is 2. The number of nitrogens with zero attached hydrogens (tertiary/aromatic N) is 2. The van der Waals surface area contributed by atoms with Gasteiger partial charge in [-0.2, -0.15) is 0 Å². The summed E-state index contributed by atoms with van der Waals surface area (Å²) in [6.07, 6.45) is 0. The minimum atomic E-state index is -0.415. The number of nitrogens with one attached hydrogen (secondary N) is 2. The van der Waals surface area contributed by atoms with Crippen molar-refractivity contribution in [3.05, 3.63) is 88.9 Å². The molecule has 0 aliphatic carbocycles. The Bertz CT molecular complexity index is 1210. The molecule has 7 nitrogen and oxygen atoms in total. The van der Waals surface area contributed by atoms with Crippen LogP contribution < -0.4 is 20.3 Å². The summed E-state index contributed by atoms with van der Waals surface area (Å²) < 4.78 is 5.22. The lowest BCUT2D eigenvalue weighted by atomic mass is 10.1. The quantitative estimate of drug-likeness (QED) is 0.496. The number of rotatable bonds is 5. The highest BCUT2D eigenvalue weighted by Gasteiger charge is 2.22.